The first-order chi connectivity index (χ1) is 20.1. The number of carbonyl (C=O) groups excluding carboxylic acids is 2. The van der Waals surface area contributed by atoms with E-state index in [4.69, 9.17) is 18.6 Å². The molecule has 232 valence electrons. The van der Waals surface area contributed by atoms with Gasteiger partial charge in [0.15, 0.2) is 13.7 Å². The van der Waals surface area contributed by atoms with Gasteiger partial charge in [0.2, 0.25) is 0 Å². The quantitative estimate of drug-likeness (QED) is 0.118. The number of esters is 2. The zero-order valence-electron chi connectivity index (χ0n) is 25.9. The molecule has 0 N–H and O–H groups in total. The maximum Gasteiger partial charge on any atom is 0.327 e. The van der Waals surface area contributed by atoms with Crippen molar-refractivity contribution in [2.24, 2.45) is 5.41 Å². The number of methoxy groups -OCH3 is 1. The van der Waals surface area contributed by atoms with Gasteiger partial charge < -0.3 is 18.6 Å². The van der Waals surface area contributed by atoms with Crippen LogP contribution in [-0.4, -0.2) is 59.1 Å². The smallest absolute Gasteiger partial charge is 0.327 e. The third-order valence-corrected chi connectivity index (χ3v) is 14.8. The van der Waals surface area contributed by atoms with Crippen LogP contribution in [0, 0.1) is 12.3 Å². The standard InChI is InChI=1S/C32H41NO8SSi/c1-9-18-39-30(35)32(29(34)38-6)20-24(21-40-43(7,8)31(3,4)5)41-28(32)27-19-23-12-10-11-13-26(23)33(27)42(36,37)25-16-14-22(2)15-17-25/h9-17,19,24,28H,1,18,20-21H2,2-8H3/t24-,28-,32?/m1/s1. The molecule has 3 aromatic rings. The number of hydrogen-bond acceptors (Lipinski definition) is 8. The van der Waals surface area contributed by atoms with Gasteiger partial charge in [0.25, 0.3) is 10.0 Å². The maximum absolute atomic E-state index is 14.3. The van der Waals surface area contributed by atoms with E-state index in [-0.39, 0.29) is 35.3 Å². The number of benzene rings is 2. The normalized spacial score (nSPS) is 21.1. The molecule has 1 unspecified atom stereocenters. The second kappa shape index (κ2) is 12.0. The fraction of sp³-hybridized carbons (Fsp3) is 0.438. The molecule has 2 aromatic carbocycles. The summed E-state index contributed by atoms with van der Waals surface area (Å²) in [6.07, 6.45) is -0.827. The molecule has 1 saturated heterocycles. The highest BCUT2D eigenvalue weighted by Crippen LogP contribution is 2.52. The molecule has 3 atom stereocenters. The zero-order chi connectivity index (χ0) is 31.8. The highest BCUT2D eigenvalue weighted by Gasteiger charge is 2.63. The second-order valence-electron chi connectivity index (χ2n) is 12.5. The highest BCUT2D eigenvalue weighted by atomic mass is 32.2. The van der Waals surface area contributed by atoms with E-state index in [0.29, 0.717) is 10.9 Å². The van der Waals surface area contributed by atoms with Gasteiger partial charge in [0.1, 0.15) is 12.7 Å². The van der Waals surface area contributed by atoms with Crippen LogP contribution in [0.15, 0.2) is 72.1 Å². The molecule has 0 spiro atoms. The van der Waals surface area contributed by atoms with Crippen molar-refractivity contribution in [1.82, 2.24) is 3.97 Å². The van der Waals surface area contributed by atoms with Gasteiger partial charge in [-0.25, -0.2) is 12.4 Å². The number of rotatable bonds is 10. The lowest BCUT2D eigenvalue weighted by Gasteiger charge is -2.36. The van der Waals surface area contributed by atoms with Crippen molar-refractivity contribution in [1.29, 1.82) is 0 Å². The largest absolute Gasteiger partial charge is 0.468 e. The molecule has 1 fully saturated rings. The zero-order valence-corrected chi connectivity index (χ0v) is 27.7. The van der Waals surface area contributed by atoms with E-state index in [2.05, 4.69) is 40.4 Å². The fourth-order valence-corrected chi connectivity index (χ4v) is 7.67. The Hall–Kier alpha value is -3.25. The lowest BCUT2D eigenvalue weighted by molar-refractivity contribution is -0.175. The number of fused-ring (bicyclic) bond motifs is 1. The summed E-state index contributed by atoms with van der Waals surface area (Å²) in [5.74, 6) is -1.77. The number of hydrogen-bond donors (Lipinski definition) is 0. The molecule has 11 heteroatoms. The SMILES string of the molecule is C=CCOC(=O)C1(C(=O)OC)C[C@H](CO[Si](C)(C)C(C)(C)C)O[C@@H]1c1cc2ccccc2n1S(=O)(=O)c1ccc(C)cc1. The monoisotopic (exact) mass is 627 g/mol. The second-order valence-corrected chi connectivity index (χ2v) is 19.1. The first-order valence-corrected chi connectivity index (χ1v) is 18.5. The minimum Gasteiger partial charge on any atom is -0.468 e. The van der Waals surface area contributed by atoms with E-state index in [9.17, 15) is 18.0 Å². The Morgan fingerprint density at radius 3 is 2.37 bits per heavy atom. The van der Waals surface area contributed by atoms with Crippen LogP contribution in [0.1, 0.15) is 44.6 Å². The Morgan fingerprint density at radius 1 is 1.12 bits per heavy atom. The van der Waals surface area contributed by atoms with Crippen LogP contribution in [0.25, 0.3) is 10.9 Å². The summed E-state index contributed by atoms with van der Waals surface area (Å²) in [5.41, 5.74) is -0.623. The molecular formula is C32H41NO8SSi. The summed E-state index contributed by atoms with van der Waals surface area (Å²) < 4.78 is 53.3. The maximum atomic E-state index is 14.3. The van der Waals surface area contributed by atoms with E-state index >= 15 is 0 Å². The van der Waals surface area contributed by atoms with Crippen LogP contribution in [0.2, 0.25) is 18.1 Å². The molecule has 1 aliphatic heterocycles. The lowest BCUT2D eigenvalue weighted by Crippen LogP contribution is -2.45. The number of nitrogens with zero attached hydrogens (tertiary/aromatic N) is 1. The van der Waals surface area contributed by atoms with Crippen LogP contribution >= 0.6 is 0 Å². The van der Waals surface area contributed by atoms with Gasteiger partial charge in [-0.1, -0.05) is 69.3 Å². The topological polar surface area (TPSA) is 110 Å². The molecule has 2 heterocycles. The third kappa shape index (κ3) is 5.95. The lowest BCUT2D eigenvalue weighted by atomic mass is 9.78. The summed E-state index contributed by atoms with van der Waals surface area (Å²) in [5, 5.41) is 0.498. The number of aromatic nitrogens is 1. The minimum atomic E-state index is -4.21. The highest BCUT2D eigenvalue weighted by molar-refractivity contribution is 7.90. The van der Waals surface area contributed by atoms with Gasteiger partial charge in [-0.3, -0.25) is 9.59 Å². The third-order valence-electron chi connectivity index (χ3n) is 8.53. The van der Waals surface area contributed by atoms with Gasteiger partial charge >= 0.3 is 11.9 Å². The van der Waals surface area contributed by atoms with Gasteiger partial charge in [-0.05, 0) is 49.3 Å². The molecule has 1 aromatic heterocycles. The Labute approximate surface area is 255 Å². The van der Waals surface area contributed by atoms with E-state index < -0.39 is 47.9 Å². The average Bonchev–Trinajstić information content (AvgIpc) is 3.54. The molecule has 0 radical (unpaired) electrons. The van der Waals surface area contributed by atoms with Gasteiger partial charge in [0.05, 0.1) is 35.9 Å². The Bertz CT molecular complexity index is 1620. The Balaban J connectivity index is 1.93. The van der Waals surface area contributed by atoms with E-state index in [1.807, 2.05) is 6.92 Å². The number of aryl methyl sites for hydroxylation is 1. The summed E-state index contributed by atoms with van der Waals surface area (Å²) >= 11 is 0. The molecule has 9 nitrogen and oxygen atoms in total. The Kier molecular flexibility index (Phi) is 9.14. The molecule has 43 heavy (non-hydrogen) atoms. The molecule has 0 aliphatic carbocycles. The molecule has 1 aliphatic rings. The first kappa shape index (κ1) is 32.7. The van der Waals surface area contributed by atoms with Crippen molar-refractivity contribution in [2.45, 2.75) is 69.4 Å². The van der Waals surface area contributed by atoms with E-state index in [1.165, 1.54) is 25.3 Å². The minimum absolute atomic E-state index is 0.0504. The van der Waals surface area contributed by atoms with Gasteiger partial charge in [-0.2, -0.15) is 0 Å². The van der Waals surface area contributed by atoms with E-state index in [1.54, 1.807) is 42.5 Å². The van der Waals surface area contributed by atoms with Crippen molar-refractivity contribution in [3.8, 4) is 0 Å². The van der Waals surface area contributed by atoms with Crippen LogP contribution in [0.4, 0.5) is 0 Å². The predicted molar refractivity (Wildman–Crippen MR) is 167 cm³/mol. The van der Waals surface area contributed by atoms with Crippen molar-refractivity contribution in [2.75, 3.05) is 20.3 Å². The molecule has 0 bridgehead atoms. The van der Waals surface area contributed by atoms with Crippen molar-refractivity contribution >= 4 is 41.2 Å². The summed E-state index contributed by atoms with van der Waals surface area (Å²) in [6, 6.07) is 15.1. The summed E-state index contributed by atoms with van der Waals surface area (Å²) in [4.78, 5) is 27.6. The van der Waals surface area contributed by atoms with Crippen molar-refractivity contribution in [3.63, 3.8) is 0 Å². The van der Waals surface area contributed by atoms with Crippen LogP contribution in [0.3, 0.4) is 0 Å². The van der Waals surface area contributed by atoms with Crippen LogP contribution in [-0.2, 0) is 38.2 Å². The van der Waals surface area contributed by atoms with Crippen molar-refractivity contribution < 1.29 is 36.6 Å². The van der Waals surface area contributed by atoms with Crippen LogP contribution < -0.4 is 0 Å². The summed E-state index contributed by atoms with van der Waals surface area (Å²) in [7, 11) is -5.28. The predicted octanol–water partition coefficient (Wildman–Crippen LogP) is 5.93. The van der Waals surface area contributed by atoms with Gasteiger partial charge in [0, 0.05) is 11.8 Å². The average molecular weight is 628 g/mol. The molecule has 0 amide bonds. The van der Waals surface area contributed by atoms with Gasteiger partial charge in [-0.15, -0.1) is 0 Å². The van der Waals surface area contributed by atoms with E-state index in [0.717, 1.165) is 9.54 Å². The summed E-state index contributed by atoms with van der Waals surface area (Å²) in [6.45, 7) is 15.9. The van der Waals surface area contributed by atoms with Crippen LogP contribution in [0.5, 0.6) is 0 Å². The fourth-order valence-electron chi connectivity index (χ4n) is 5.09. The number of ether oxygens (including phenoxy) is 3. The number of para-hydroxylation sites is 1. The van der Waals surface area contributed by atoms with Crippen molar-refractivity contribution in [3.05, 3.63) is 78.5 Å². The molecule has 4 rings (SSSR count). The molecular weight excluding hydrogens is 587 g/mol. The first-order valence-electron chi connectivity index (χ1n) is 14.2. The number of carbonyl (C=O) groups is 2. The molecule has 0 saturated carbocycles. The Morgan fingerprint density at radius 2 is 1.77 bits per heavy atom.